The second-order valence-corrected chi connectivity index (χ2v) is 8.21. The third-order valence-electron chi connectivity index (χ3n) is 5.65. The normalized spacial score (nSPS) is 17.2. The third kappa shape index (κ3) is 5.79. The number of hydrogen-bond acceptors (Lipinski definition) is 3. The van der Waals surface area contributed by atoms with Gasteiger partial charge in [0.25, 0.3) is 5.91 Å². The fourth-order valence-corrected chi connectivity index (χ4v) is 3.63. The number of carbonyl (C=O) groups excluding carboxylic acids is 2. The van der Waals surface area contributed by atoms with E-state index in [1.54, 1.807) is 29.2 Å². The number of alkyl halides is 3. The lowest BCUT2D eigenvalue weighted by atomic mass is 10.1. The van der Waals surface area contributed by atoms with Gasteiger partial charge in [-0.3, -0.25) is 9.69 Å². The molecule has 1 aliphatic carbocycles. The molecule has 170 valence electrons. The number of amides is 3. The zero-order valence-corrected chi connectivity index (χ0v) is 17.5. The SMILES string of the molecule is O=C(Nc1ccc(C(=O)N2CCN(Cc3ccc(C(F)(F)F)cc3)CC2)cc1)NC1CC1. The molecule has 0 bridgehead atoms. The summed E-state index contributed by atoms with van der Waals surface area (Å²) in [5.41, 5.74) is 1.34. The van der Waals surface area contributed by atoms with Crippen LogP contribution in [0.5, 0.6) is 0 Å². The molecule has 0 atom stereocenters. The van der Waals surface area contributed by atoms with Gasteiger partial charge in [-0.2, -0.15) is 13.2 Å². The van der Waals surface area contributed by atoms with Crippen LogP contribution in [0.2, 0.25) is 0 Å². The molecule has 1 saturated heterocycles. The van der Waals surface area contributed by atoms with Crippen molar-refractivity contribution in [2.75, 3.05) is 31.5 Å². The summed E-state index contributed by atoms with van der Waals surface area (Å²) in [6.07, 6.45) is -2.31. The molecule has 32 heavy (non-hydrogen) atoms. The Morgan fingerprint density at radius 1 is 0.906 bits per heavy atom. The second kappa shape index (κ2) is 9.20. The first-order chi connectivity index (χ1) is 15.3. The van der Waals surface area contributed by atoms with Crippen LogP contribution in [0.3, 0.4) is 0 Å². The highest BCUT2D eigenvalue weighted by atomic mass is 19.4. The Bertz CT molecular complexity index is 949. The third-order valence-corrected chi connectivity index (χ3v) is 5.65. The summed E-state index contributed by atoms with van der Waals surface area (Å²) in [6.45, 7) is 2.93. The van der Waals surface area contributed by atoms with E-state index in [-0.39, 0.29) is 18.0 Å². The van der Waals surface area contributed by atoms with Crippen LogP contribution in [0.4, 0.5) is 23.7 Å². The van der Waals surface area contributed by atoms with Crippen LogP contribution in [-0.2, 0) is 12.7 Å². The zero-order chi connectivity index (χ0) is 22.7. The Balaban J connectivity index is 1.25. The molecule has 1 heterocycles. The molecule has 2 aliphatic rings. The van der Waals surface area contributed by atoms with Crippen LogP contribution in [-0.4, -0.2) is 54.0 Å². The van der Waals surface area contributed by atoms with E-state index in [1.807, 2.05) is 0 Å². The van der Waals surface area contributed by atoms with Crippen molar-refractivity contribution in [2.45, 2.75) is 31.6 Å². The smallest absolute Gasteiger partial charge is 0.336 e. The second-order valence-electron chi connectivity index (χ2n) is 8.21. The highest BCUT2D eigenvalue weighted by Gasteiger charge is 2.30. The topological polar surface area (TPSA) is 64.7 Å². The van der Waals surface area contributed by atoms with E-state index in [0.717, 1.165) is 30.5 Å². The molecule has 1 aliphatic heterocycles. The minimum absolute atomic E-state index is 0.0758. The summed E-state index contributed by atoms with van der Waals surface area (Å²) in [5, 5.41) is 5.60. The number of urea groups is 1. The number of anilines is 1. The maximum atomic E-state index is 12.8. The Labute approximate surface area is 184 Å². The molecule has 3 amide bonds. The largest absolute Gasteiger partial charge is 0.416 e. The number of piperazine rings is 1. The highest BCUT2D eigenvalue weighted by molar-refractivity contribution is 5.95. The van der Waals surface area contributed by atoms with E-state index in [2.05, 4.69) is 15.5 Å². The van der Waals surface area contributed by atoms with Gasteiger partial charge < -0.3 is 15.5 Å². The molecule has 2 aromatic carbocycles. The molecule has 0 radical (unpaired) electrons. The Hall–Kier alpha value is -3.07. The first kappa shape index (κ1) is 22.1. The highest BCUT2D eigenvalue weighted by Crippen LogP contribution is 2.29. The lowest BCUT2D eigenvalue weighted by Gasteiger charge is -2.34. The molecule has 0 aromatic heterocycles. The summed E-state index contributed by atoms with van der Waals surface area (Å²) in [6, 6.07) is 12.0. The predicted octanol–water partition coefficient (Wildman–Crippen LogP) is 3.95. The Morgan fingerprint density at radius 2 is 1.53 bits per heavy atom. The van der Waals surface area contributed by atoms with E-state index in [1.165, 1.54) is 12.1 Å². The molecule has 2 fully saturated rings. The predicted molar refractivity (Wildman–Crippen MR) is 114 cm³/mol. The molecule has 4 rings (SSSR count). The van der Waals surface area contributed by atoms with Crippen molar-refractivity contribution in [1.29, 1.82) is 0 Å². The number of rotatable bonds is 5. The van der Waals surface area contributed by atoms with E-state index in [4.69, 9.17) is 0 Å². The minimum atomic E-state index is -4.33. The Kier molecular flexibility index (Phi) is 6.36. The molecule has 9 heteroatoms. The van der Waals surface area contributed by atoms with E-state index in [9.17, 15) is 22.8 Å². The van der Waals surface area contributed by atoms with Crippen LogP contribution in [0.15, 0.2) is 48.5 Å². The van der Waals surface area contributed by atoms with Crippen molar-refractivity contribution in [2.24, 2.45) is 0 Å². The number of carbonyl (C=O) groups is 2. The fourth-order valence-electron chi connectivity index (χ4n) is 3.63. The number of hydrogen-bond donors (Lipinski definition) is 2. The summed E-state index contributed by atoms with van der Waals surface area (Å²) in [4.78, 5) is 28.5. The number of nitrogens with zero attached hydrogens (tertiary/aromatic N) is 2. The van der Waals surface area contributed by atoms with Gasteiger partial charge in [-0.25, -0.2) is 4.79 Å². The monoisotopic (exact) mass is 446 g/mol. The van der Waals surface area contributed by atoms with Crippen molar-refractivity contribution < 1.29 is 22.8 Å². The van der Waals surface area contributed by atoms with Crippen molar-refractivity contribution in [1.82, 2.24) is 15.1 Å². The number of nitrogens with one attached hydrogen (secondary N) is 2. The standard InChI is InChI=1S/C23H25F3N4O2/c24-23(25,26)18-5-1-16(2-6-18)15-29-11-13-30(14-12-29)21(31)17-3-7-19(8-4-17)27-22(32)28-20-9-10-20/h1-8,20H,9-15H2,(H2,27,28,32). The first-order valence-electron chi connectivity index (χ1n) is 10.6. The molecular weight excluding hydrogens is 421 g/mol. The van der Waals surface area contributed by atoms with E-state index >= 15 is 0 Å². The van der Waals surface area contributed by atoms with Gasteiger partial charge in [-0.15, -0.1) is 0 Å². The number of benzene rings is 2. The molecule has 6 nitrogen and oxygen atoms in total. The van der Waals surface area contributed by atoms with Gasteiger partial charge in [0.15, 0.2) is 0 Å². The summed E-state index contributed by atoms with van der Waals surface area (Å²) in [5.74, 6) is -0.0758. The summed E-state index contributed by atoms with van der Waals surface area (Å²) >= 11 is 0. The number of halogens is 3. The quantitative estimate of drug-likeness (QED) is 0.731. The van der Waals surface area contributed by atoms with Crippen LogP contribution in [0.1, 0.15) is 34.3 Å². The van der Waals surface area contributed by atoms with E-state index in [0.29, 0.717) is 44.0 Å². The van der Waals surface area contributed by atoms with Crippen LogP contribution in [0, 0.1) is 0 Å². The first-order valence-corrected chi connectivity index (χ1v) is 10.6. The van der Waals surface area contributed by atoms with E-state index < -0.39 is 11.7 Å². The molecule has 2 aromatic rings. The van der Waals surface area contributed by atoms with Crippen molar-refractivity contribution in [3.8, 4) is 0 Å². The van der Waals surface area contributed by atoms with Crippen molar-refractivity contribution in [3.63, 3.8) is 0 Å². The minimum Gasteiger partial charge on any atom is -0.336 e. The van der Waals surface area contributed by atoms with Gasteiger partial charge in [0.2, 0.25) is 0 Å². The van der Waals surface area contributed by atoms with Crippen molar-refractivity contribution in [3.05, 3.63) is 65.2 Å². The average Bonchev–Trinajstić information content (AvgIpc) is 3.58. The van der Waals surface area contributed by atoms with Gasteiger partial charge >= 0.3 is 12.2 Å². The zero-order valence-electron chi connectivity index (χ0n) is 17.5. The fraction of sp³-hybridized carbons (Fsp3) is 0.391. The van der Waals surface area contributed by atoms with Gasteiger partial charge in [0.05, 0.1) is 5.56 Å². The van der Waals surface area contributed by atoms with Crippen LogP contribution < -0.4 is 10.6 Å². The van der Waals surface area contributed by atoms with Gasteiger partial charge in [-0.05, 0) is 54.8 Å². The van der Waals surface area contributed by atoms with Crippen LogP contribution in [0.25, 0.3) is 0 Å². The lowest BCUT2D eigenvalue weighted by molar-refractivity contribution is -0.137. The average molecular weight is 446 g/mol. The molecule has 0 unspecified atom stereocenters. The van der Waals surface area contributed by atoms with Gasteiger partial charge in [0, 0.05) is 50.0 Å². The summed E-state index contributed by atoms with van der Waals surface area (Å²) in [7, 11) is 0. The molecular formula is C23H25F3N4O2. The summed E-state index contributed by atoms with van der Waals surface area (Å²) < 4.78 is 38.1. The van der Waals surface area contributed by atoms with Gasteiger partial charge in [-0.1, -0.05) is 12.1 Å². The van der Waals surface area contributed by atoms with Crippen LogP contribution >= 0.6 is 0 Å². The van der Waals surface area contributed by atoms with Gasteiger partial charge in [0.1, 0.15) is 0 Å². The molecule has 2 N–H and O–H groups in total. The Morgan fingerprint density at radius 3 is 2.09 bits per heavy atom. The lowest BCUT2D eigenvalue weighted by Crippen LogP contribution is -2.48. The van der Waals surface area contributed by atoms with Crippen molar-refractivity contribution >= 4 is 17.6 Å². The maximum Gasteiger partial charge on any atom is 0.416 e. The molecule has 0 spiro atoms. The maximum absolute atomic E-state index is 12.8. The molecule has 1 saturated carbocycles.